The van der Waals surface area contributed by atoms with Crippen LogP contribution in [-0.4, -0.2) is 20.3 Å². The number of rotatable bonds is 2. The van der Waals surface area contributed by atoms with Crippen molar-refractivity contribution in [2.45, 2.75) is 0 Å². The molecule has 3 heteroatoms. The highest BCUT2D eigenvalue weighted by Gasteiger charge is 1.78. The molecule has 0 radical (unpaired) electrons. The molecule has 0 fully saturated rings. The Morgan fingerprint density at radius 3 is 2.75 bits per heavy atom. The highest BCUT2D eigenvalue weighted by atomic mass is 35.5. The third-order valence-corrected chi connectivity index (χ3v) is 0.741. The SMILES string of the molecule is C/N=C\C(Cl)=C/NC. The average Bonchev–Trinajstić information content (AvgIpc) is 1.68. The smallest absolute Gasteiger partial charge is 0.0740 e. The summed E-state index contributed by atoms with van der Waals surface area (Å²) in [6, 6.07) is 0. The maximum absolute atomic E-state index is 5.53. The Morgan fingerprint density at radius 1 is 1.75 bits per heavy atom. The Balaban J connectivity index is 3.61. The molecule has 0 saturated carbocycles. The molecule has 0 bridgehead atoms. The molecule has 0 aromatic carbocycles. The largest absolute Gasteiger partial charge is 0.393 e. The van der Waals surface area contributed by atoms with Crippen LogP contribution in [0.5, 0.6) is 0 Å². The van der Waals surface area contributed by atoms with Crippen molar-refractivity contribution >= 4 is 17.8 Å². The predicted octanol–water partition coefficient (Wildman–Crippen LogP) is 0.987. The summed E-state index contributed by atoms with van der Waals surface area (Å²) in [7, 11) is 3.46. The van der Waals surface area contributed by atoms with E-state index in [0.717, 1.165) is 0 Å². The molecule has 2 nitrogen and oxygen atoms in total. The lowest BCUT2D eigenvalue weighted by Crippen LogP contribution is -1.93. The molecule has 1 N–H and O–H groups in total. The van der Waals surface area contributed by atoms with Gasteiger partial charge in [-0.1, -0.05) is 11.6 Å². The van der Waals surface area contributed by atoms with Crippen molar-refractivity contribution in [2.75, 3.05) is 14.1 Å². The number of allylic oxidation sites excluding steroid dienone is 1. The van der Waals surface area contributed by atoms with E-state index in [1.807, 2.05) is 0 Å². The van der Waals surface area contributed by atoms with Gasteiger partial charge in [0.25, 0.3) is 0 Å². The normalized spacial score (nSPS) is 12.6. The van der Waals surface area contributed by atoms with E-state index in [9.17, 15) is 0 Å². The molecule has 0 aromatic rings. The molecule has 0 unspecified atom stereocenters. The van der Waals surface area contributed by atoms with E-state index >= 15 is 0 Å². The summed E-state index contributed by atoms with van der Waals surface area (Å²) in [6.45, 7) is 0. The van der Waals surface area contributed by atoms with Crippen LogP contribution in [0.25, 0.3) is 0 Å². The quantitative estimate of drug-likeness (QED) is 0.557. The summed E-state index contributed by atoms with van der Waals surface area (Å²) in [5.74, 6) is 0. The molecule has 0 heterocycles. The van der Waals surface area contributed by atoms with Gasteiger partial charge in [0.05, 0.1) is 5.03 Å². The fourth-order valence-corrected chi connectivity index (χ4v) is 0.505. The highest BCUT2D eigenvalue weighted by molar-refractivity contribution is 6.39. The summed E-state index contributed by atoms with van der Waals surface area (Å²) in [5.41, 5.74) is 0. The van der Waals surface area contributed by atoms with Crippen LogP contribution < -0.4 is 5.32 Å². The molecule has 0 spiro atoms. The van der Waals surface area contributed by atoms with E-state index in [2.05, 4.69) is 10.3 Å². The second-order valence-corrected chi connectivity index (χ2v) is 1.64. The van der Waals surface area contributed by atoms with E-state index in [4.69, 9.17) is 11.6 Å². The van der Waals surface area contributed by atoms with Crippen LogP contribution in [0.1, 0.15) is 0 Å². The van der Waals surface area contributed by atoms with E-state index in [0.29, 0.717) is 5.03 Å². The minimum atomic E-state index is 0.606. The fraction of sp³-hybridized carbons (Fsp3) is 0.400. The molecule has 46 valence electrons. The standard InChI is InChI=1S/C5H9ClN2/c1-7-3-5(6)4-8-2/h3-4,7H,1-2H3/b5-3+,8-4-. The van der Waals surface area contributed by atoms with Crippen LogP contribution in [0, 0.1) is 0 Å². The maximum Gasteiger partial charge on any atom is 0.0740 e. The Kier molecular flexibility index (Phi) is 4.36. The van der Waals surface area contributed by atoms with Gasteiger partial charge < -0.3 is 5.32 Å². The van der Waals surface area contributed by atoms with Crippen molar-refractivity contribution in [2.24, 2.45) is 4.99 Å². The van der Waals surface area contributed by atoms with Crippen molar-refractivity contribution in [3.63, 3.8) is 0 Å². The van der Waals surface area contributed by atoms with Crippen LogP contribution in [0.3, 0.4) is 0 Å². The van der Waals surface area contributed by atoms with Crippen molar-refractivity contribution in [3.05, 3.63) is 11.2 Å². The van der Waals surface area contributed by atoms with Crippen LogP contribution in [-0.2, 0) is 0 Å². The van der Waals surface area contributed by atoms with Crippen LogP contribution >= 0.6 is 11.6 Å². The highest BCUT2D eigenvalue weighted by Crippen LogP contribution is 1.92. The molecule has 0 atom stereocenters. The zero-order chi connectivity index (χ0) is 6.41. The molecule has 0 aliphatic rings. The number of halogens is 1. The van der Waals surface area contributed by atoms with Crippen LogP contribution in [0.2, 0.25) is 0 Å². The van der Waals surface area contributed by atoms with Gasteiger partial charge in [0.15, 0.2) is 0 Å². The van der Waals surface area contributed by atoms with Crippen molar-refractivity contribution in [3.8, 4) is 0 Å². The minimum Gasteiger partial charge on any atom is -0.393 e. The molecule has 0 rings (SSSR count). The van der Waals surface area contributed by atoms with E-state index in [1.54, 1.807) is 26.5 Å². The van der Waals surface area contributed by atoms with E-state index < -0.39 is 0 Å². The Labute approximate surface area is 54.3 Å². The topological polar surface area (TPSA) is 24.4 Å². The first-order valence-electron chi connectivity index (χ1n) is 2.26. The summed E-state index contributed by atoms with van der Waals surface area (Å²) < 4.78 is 0. The molecule has 8 heavy (non-hydrogen) atoms. The third-order valence-electron chi connectivity index (χ3n) is 0.535. The van der Waals surface area contributed by atoms with E-state index in [1.165, 1.54) is 0 Å². The minimum absolute atomic E-state index is 0.606. The number of nitrogens with one attached hydrogen (secondary N) is 1. The molecule has 0 aliphatic heterocycles. The number of hydrogen-bond donors (Lipinski definition) is 1. The van der Waals surface area contributed by atoms with Crippen LogP contribution in [0.4, 0.5) is 0 Å². The zero-order valence-electron chi connectivity index (χ0n) is 4.98. The molecule has 0 aliphatic carbocycles. The Bertz CT molecular complexity index is 107. The Morgan fingerprint density at radius 2 is 2.38 bits per heavy atom. The van der Waals surface area contributed by atoms with E-state index in [-0.39, 0.29) is 0 Å². The fourth-order valence-electron chi connectivity index (χ4n) is 0.298. The number of aliphatic imine (C=N–C) groups is 1. The van der Waals surface area contributed by atoms with Gasteiger partial charge in [-0.25, -0.2) is 0 Å². The molecular weight excluding hydrogens is 124 g/mol. The van der Waals surface area contributed by atoms with Gasteiger partial charge in [0.2, 0.25) is 0 Å². The van der Waals surface area contributed by atoms with Gasteiger partial charge >= 0.3 is 0 Å². The lowest BCUT2D eigenvalue weighted by Gasteiger charge is -1.85. The summed E-state index contributed by atoms with van der Waals surface area (Å²) >= 11 is 5.53. The average molecular weight is 133 g/mol. The lowest BCUT2D eigenvalue weighted by atomic mass is 10.6. The molecule has 0 aromatic heterocycles. The van der Waals surface area contributed by atoms with Gasteiger partial charge in [0, 0.05) is 26.5 Å². The molecule has 0 amide bonds. The van der Waals surface area contributed by atoms with Gasteiger partial charge in [-0.05, 0) is 0 Å². The first kappa shape index (κ1) is 7.50. The second kappa shape index (κ2) is 4.65. The maximum atomic E-state index is 5.53. The molecule has 0 saturated heterocycles. The number of hydrogen-bond acceptors (Lipinski definition) is 2. The third kappa shape index (κ3) is 3.68. The summed E-state index contributed by atoms with van der Waals surface area (Å²) in [5, 5.41) is 3.37. The van der Waals surface area contributed by atoms with Gasteiger partial charge in [-0.2, -0.15) is 0 Å². The number of nitrogens with zero attached hydrogens (tertiary/aromatic N) is 1. The monoisotopic (exact) mass is 132 g/mol. The van der Waals surface area contributed by atoms with Crippen LogP contribution in [0.15, 0.2) is 16.2 Å². The van der Waals surface area contributed by atoms with Gasteiger partial charge in [-0.3, -0.25) is 4.99 Å². The summed E-state index contributed by atoms with van der Waals surface area (Å²) in [6.07, 6.45) is 3.23. The zero-order valence-corrected chi connectivity index (χ0v) is 5.74. The van der Waals surface area contributed by atoms with Crippen molar-refractivity contribution < 1.29 is 0 Å². The summed E-state index contributed by atoms with van der Waals surface area (Å²) in [4.78, 5) is 3.69. The molecular formula is C5H9ClN2. The van der Waals surface area contributed by atoms with Gasteiger partial charge in [0.1, 0.15) is 0 Å². The first-order valence-corrected chi connectivity index (χ1v) is 2.64. The Hall–Kier alpha value is -0.500. The lowest BCUT2D eigenvalue weighted by molar-refractivity contribution is 1.10. The predicted molar refractivity (Wildman–Crippen MR) is 37.4 cm³/mol. The second-order valence-electron chi connectivity index (χ2n) is 1.21. The van der Waals surface area contributed by atoms with Crippen molar-refractivity contribution in [1.82, 2.24) is 5.32 Å². The van der Waals surface area contributed by atoms with Gasteiger partial charge in [-0.15, -0.1) is 0 Å². The first-order chi connectivity index (χ1) is 3.81. The van der Waals surface area contributed by atoms with Crippen molar-refractivity contribution in [1.29, 1.82) is 0 Å².